The Labute approximate surface area is 296 Å². The van der Waals surface area contributed by atoms with Gasteiger partial charge in [-0.25, -0.2) is 4.79 Å². The summed E-state index contributed by atoms with van der Waals surface area (Å²) in [5, 5.41) is 16.6. The van der Waals surface area contributed by atoms with Crippen LogP contribution in [0.4, 0.5) is 0 Å². The third kappa shape index (κ3) is 11.5. The van der Waals surface area contributed by atoms with Gasteiger partial charge in [0, 0.05) is 58.8 Å². The molecule has 51 heavy (non-hydrogen) atoms. The fourth-order valence-electron chi connectivity index (χ4n) is 5.53. The number of aryl methyl sites for hydroxylation is 1. The highest BCUT2D eigenvalue weighted by Gasteiger charge is 2.53. The smallest absolute Gasteiger partial charge is 0.326 e. The van der Waals surface area contributed by atoms with Crippen LogP contribution < -0.4 is 4.74 Å². The number of aromatic nitrogens is 2. The minimum atomic E-state index is -1.45. The van der Waals surface area contributed by atoms with Crippen LogP contribution in [0.3, 0.4) is 0 Å². The second-order valence-corrected chi connectivity index (χ2v) is 12.6. The first kappa shape index (κ1) is 40.4. The van der Waals surface area contributed by atoms with Crippen molar-refractivity contribution in [3.05, 3.63) is 46.6 Å². The van der Waals surface area contributed by atoms with E-state index in [0.29, 0.717) is 24.8 Å². The minimum Gasteiger partial charge on any atom is -0.480 e. The molecule has 2 aromatic rings. The number of esters is 4. The first-order valence-electron chi connectivity index (χ1n) is 16.6. The molecule has 1 saturated heterocycles. The molecule has 2 N–H and O–H groups in total. The molecular formula is C35H47N3O13. The highest BCUT2D eigenvalue weighted by molar-refractivity contribution is 5.83. The number of likely N-dealkylation sites (N-methyl/N-ethyl adjacent to an activating group) is 1. The number of aromatic amines is 1. The minimum absolute atomic E-state index is 0.0148. The summed E-state index contributed by atoms with van der Waals surface area (Å²) in [5.74, 6) is -4.12. The Morgan fingerprint density at radius 3 is 1.98 bits per heavy atom. The Balaban J connectivity index is 1.87. The second-order valence-electron chi connectivity index (χ2n) is 12.6. The summed E-state index contributed by atoms with van der Waals surface area (Å²) in [5.41, 5.74) is 3.33. The number of nitrogens with one attached hydrogen (secondary N) is 1. The van der Waals surface area contributed by atoms with Crippen LogP contribution in [0, 0.1) is 0 Å². The number of benzene rings is 1. The molecule has 16 heteroatoms. The zero-order chi connectivity index (χ0) is 38.0. The monoisotopic (exact) mass is 717 g/mol. The molecule has 1 aliphatic rings. The lowest BCUT2D eigenvalue weighted by molar-refractivity contribution is -0.289. The van der Waals surface area contributed by atoms with E-state index in [4.69, 9.17) is 33.5 Å². The summed E-state index contributed by atoms with van der Waals surface area (Å²) >= 11 is 0. The molecule has 2 heterocycles. The second kappa shape index (κ2) is 18.3. The van der Waals surface area contributed by atoms with Crippen LogP contribution in [0.1, 0.15) is 89.6 Å². The molecule has 1 aliphatic heterocycles. The van der Waals surface area contributed by atoms with Gasteiger partial charge in [-0.2, -0.15) is 0 Å². The molecule has 280 valence electrons. The van der Waals surface area contributed by atoms with Crippen LogP contribution in [0.5, 0.6) is 5.88 Å². The Kier molecular flexibility index (Phi) is 14.5. The van der Waals surface area contributed by atoms with Crippen molar-refractivity contribution in [1.82, 2.24) is 15.1 Å². The van der Waals surface area contributed by atoms with Crippen LogP contribution in [0.15, 0.2) is 24.3 Å². The normalized spacial score (nSPS) is 20.5. The fraction of sp³-hybridized carbons (Fsp3) is 0.571. The van der Waals surface area contributed by atoms with Gasteiger partial charge in [0.05, 0.1) is 0 Å². The third-order valence-electron chi connectivity index (χ3n) is 8.21. The zero-order valence-electron chi connectivity index (χ0n) is 30.1. The van der Waals surface area contributed by atoms with Crippen molar-refractivity contribution < 1.29 is 62.3 Å². The molecule has 1 fully saturated rings. The number of carboxylic acid groups (broad SMARTS) is 1. The molecule has 0 aliphatic carbocycles. The van der Waals surface area contributed by atoms with Crippen molar-refractivity contribution in [2.75, 3.05) is 13.7 Å². The lowest BCUT2D eigenvalue weighted by Gasteiger charge is -2.43. The van der Waals surface area contributed by atoms with Gasteiger partial charge in [-0.3, -0.25) is 29.1 Å². The average molecular weight is 718 g/mol. The molecule has 1 aromatic carbocycles. The molecule has 1 amide bonds. The number of carboxylic acids is 1. The number of H-pyrrole nitrogens is 1. The van der Waals surface area contributed by atoms with Gasteiger partial charge in [0.25, 0.3) is 0 Å². The van der Waals surface area contributed by atoms with Crippen molar-refractivity contribution in [2.24, 2.45) is 0 Å². The van der Waals surface area contributed by atoms with E-state index in [2.05, 4.69) is 10.2 Å². The summed E-state index contributed by atoms with van der Waals surface area (Å²) in [7, 11) is 1.48. The molecule has 3 rings (SSSR count). The molecule has 0 saturated carbocycles. The molecular weight excluding hydrogens is 670 g/mol. The van der Waals surface area contributed by atoms with E-state index in [9.17, 15) is 28.8 Å². The summed E-state index contributed by atoms with van der Waals surface area (Å²) in [6.45, 7) is 9.59. The maximum absolute atomic E-state index is 12.4. The number of carbonyl (C=O) groups is 6. The van der Waals surface area contributed by atoms with Gasteiger partial charge in [0.2, 0.25) is 24.2 Å². The highest BCUT2D eigenvalue weighted by Crippen LogP contribution is 2.34. The summed E-state index contributed by atoms with van der Waals surface area (Å²) in [6.07, 6.45) is -5.05. The molecule has 1 unspecified atom stereocenters. The highest BCUT2D eigenvalue weighted by atomic mass is 16.7. The Hall–Kier alpha value is -4.99. The predicted octanol–water partition coefficient (Wildman–Crippen LogP) is 2.84. The van der Waals surface area contributed by atoms with Gasteiger partial charge >= 0.3 is 29.8 Å². The predicted molar refractivity (Wildman–Crippen MR) is 177 cm³/mol. The SMILES string of the molecule is CC(=O)OC[C@H]1O[C@@H](Oc2n[nH]c(C(C)C)c2Cc2ccc(CCCC(=O)N(C)C(C)C(=O)O)cc2)[C@H](OC(C)=O)[C@@H](OC(C)=O)[C@@H]1OC(C)=O. The zero-order valence-corrected chi connectivity index (χ0v) is 30.1. The topological polar surface area (TPSA) is 210 Å². The lowest BCUT2D eigenvalue weighted by atomic mass is 9.97. The van der Waals surface area contributed by atoms with Gasteiger partial charge in [-0.15, -0.1) is 5.10 Å². The van der Waals surface area contributed by atoms with Crippen molar-refractivity contribution in [3.8, 4) is 5.88 Å². The Morgan fingerprint density at radius 2 is 1.43 bits per heavy atom. The van der Waals surface area contributed by atoms with Crippen LogP contribution in [-0.2, 0) is 65.3 Å². The van der Waals surface area contributed by atoms with Crippen molar-refractivity contribution in [2.45, 2.75) is 117 Å². The van der Waals surface area contributed by atoms with Crippen molar-refractivity contribution in [1.29, 1.82) is 0 Å². The summed E-state index contributed by atoms with van der Waals surface area (Å²) in [4.78, 5) is 73.0. The number of nitrogens with zero attached hydrogens (tertiary/aromatic N) is 2. The van der Waals surface area contributed by atoms with Gasteiger partial charge < -0.3 is 38.4 Å². The largest absolute Gasteiger partial charge is 0.480 e. The van der Waals surface area contributed by atoms with E-state index in [1.165, 1.54) is 25.8 Å². The lowest BCUT2D eigenvalue weighted by Crippen LogP contribution is -2.63. The number of hydrogen-bond donors (Lipinski definition) is 2. The summed E-state index contributed by atoms with van der Waals surface area (Å²) < 4.78 is 34.0. The maximum Gasteiger partial charge on any atom is 0.326 e. The Bertz CT molecular complexity index is 1550. The van der Waals surface area contributed by atoms with E-state index < -0.39 is 73.2 Å². The number of aliphatic carboxylic acids is 1. The first-order chi connectivity index (χ1) is 24.0. The number of hydrogen-bond acceptors (Lipinski definition) is 13. The average Bonchev–Trinajstić information content (AvgIpc) is 3.44. The van der Waals surface area contributed by atoms with E-state index in [0.717, 1.165) is 37.6 Å². The standard InChI is InChI=1S/C35H47N3O13/c1-18(2)29-26(16-25-14-12-24(13-15-25)10-9-11-28(43)38(8)19(3)34(44)45)33(37-36-29)51-35-32(49-23(7)42)31(48-22(6)41)30(47-21(5)40)27(50-35)17-46-20(4)39/h12-15,18-19,27,30-32,35H,9-11,16-17H2,1-8H3,(H,36,37)(H,44,45)/t19?,27-,30-,31+,32-,35+/m1/s1. The van der Waals surface area contributed by atoms with Crippen LogP contribution in [0.25, 0.3) is 0 Å². The van der Waals surface area contributed by atoms with E-state index in [1.807, 2.05) is 38.1 Å². The molecule has 16 nitrogen and oxygen atoms in total. The molecule has 0 bridgehead atoms. The fourth-order valence-corrected chi connectivity index (χ4v) is 5.53. The van der Waals surface area contributed by atoms with Crippen LogP contribution in [0.2, 0.25) is 0 Å². The quantitative estimate of drug-likeness (QED) is 0.189. The molecule has 0 spiro atoms. The summed E-state index contributed by atoms with van der Waals surface area (Å²) in [6, 6.07) is 6.85. The van der Waals surface area contributed by atoms with Gasteiger partial charge in [-0.05, 0) is 36.8 Å². The van der Waals surface area contributed by atoms with Gasteiger partial charge in [0.1, 0.15) is 18.8 Å². The van der Waals surface area contributed by atoms with Gasteiger partial charge in [-0.1, -0.05) is 38.1 Å². The van der Waals surface area contributed by atoms with Crippen LogP contribution in [-0.4, -0.2) is 106 Å². The van der Waals surface area contributed by atoms with Crippen molar-refractivity contribution in [3.63, 3.8) is 0 Å². The first-order valence-corrected chi connectivity index (χ1v) is 16.6. The number of carbonyl (C=O) groups excluding carboxylic acids is 5. The van der Waals surface area contributed by atoms with Gasteiger partial charge in [0.15, 0.2) is 12.2 Å². The number of rotatable bonds is 16. The van der Waals surface area contributed by atoms with Crippen molar-refractivity contribution >= 4 is 35.8 Å². The van der Waals surface area contributed by atoms with E-state index >= 15 is 0 Å². The molecule has 1 aromatic heterocycles. The molecule has 6 atom stereocenters. The molecule has 0 radical (unpaired) electrons. The number of ether oxygens (including phenoxy) is 6. The third-order valence-corrected chi connectivity index (χ3v) is 8.21. The van der Waals surface area contributed by atoms with E-state index in [1.54, 1.807) is 0 Å². The van der Waals surface area contributed by atoms with E-state index in [-0.39, 0.29) is 24.1 Å². The Morgan fingerprint density at radius 1 is 0.863 bits per heavy atom. The number of amides is 1. The maximum atomic E-state index is 12.4. The van der Waals surface area contributed by atoms with Crippen LogP contribution >= 0.6 is 0 Å².